The van der Waals surface area contributed by atoms with Gasteiger partial charge < -0.3 is 14.2 Å². The fraction of sp³-hybridized carbons (Fsp3) is 0.716. The Balaban J connectivity index is 4.32. The molecule has 0 aromatic heterocycles. The largest absolute Gasteiger partial charge is 0.462 e. The highest BCUT2D eigenvalue weighted by Gasteiger charge is 2.19. The van der Waals surface area contributed by atoms with Crippen LogP contribution in [0.2, 0.25) is 0 Å². The van der Waals surface area contributed by atoms with Crippen molar-refractivity contribution in [3.8, 4) is 0 Å². The summed E-state index contributed by atoms with van der Waals surface area (Å²) in [7, 11) is 0. The van der Waals surface area contributed by atoms with E-state index in [1.807, 2.05) is 0 Å². The summed E-state index contributed by atoms with van der Waals surface area (Å²) in [5, 5.41) is 0. The quantitative estimate of drug-likeness (QED) is 0.0261. The Morgan fingerprint density at radius 3 is 0.800 bits per heavy atom. The molecule has 0 aromatic rings. The maximum atomic E-state index is 12.9. The number of ether oxygens (including phenoxy) is 3. The molecule has 6 nitrogen and oxygen atoms in total. The molecular formula is C74H126O6. The summed E-state index contributed by atoms with van der Waals surface area (Å²) >= 11 is 0. The minimum Gasteiger partial charge on any atom is -0.462 e. The predicted octanol–water partition coefficient (Wildman–Crippen LogP) is 23.4. The van der Waals surface area contributed by atoms with Crippen LogP contribution in [0.5, 0.6) is 0 Å². The molecule has 0 rings (SSSR count). The van der Waals surface area contributed by atoms with Gasteiger partial charge in [0.15, 0.2) is 6.10 Å². The van der Waals surface area contributed by atoms with Gasteiger partial charge in [0.2, 0.25) is 0 Å². The van der Waals surface area contributed by atoms with E-state index < -0.39 is 6.10 Å². The predicted molar refractivity (Wildman–Crippen MR) is 348 cm³/mol. The van der Waals surface area contributed by atoms with Crippen molar-refractivity contribution in [1.82, 2.24) is 0 Å². The van der Waals surface area contributed by atoms with Crippen molar-refractivity contribution in [3.63, 3.8) is 0 Å². The molecule has 0 heterocycles. The highest BCUT2D eigenvalue weighted by molar-refractivity contribution is 5.71. The molecule has 0 aromatic carbocycles. The van der Waals surface area contributed by atoms with E-state index in [1.54, 1.807) is 0 Å². The van der Waals surface area contributed by atoms with Gasteiger partial charge >= 0.3 is 17.9 Å². The lowest BCUT2D eigenvalue weighted by Crippen LogP contribution is -2.30. The van der Waals surface area contributed by atoms with Crippen LogP contribution in [0.25, 0.3) is 0 Å². The van der Waals surface area contributed by atoms with Crippen molar-refractivity contribution in [2.75, 3.05) is 13.2 Å². The third-order valence-corrected chi connectivity index (χ3v) is 14.5. The minimum absolute atomic E-state index is 0.0840. The number of hydrogen-bond acceptors (Lipinski definition) is 6. The monoisotopic (exact) mass is 1110 g/mol. The lowest BCUT2D eigenvalue weighted by Gasteiger charge is -2.18. The first-order valence-corrected chi connectivity index (χ1v) is 33.9. The zero-order chi connectivity index (χ0) is 57.8. The lowest BCUT2D eigenvalue weighted by molar-refractivity contribution is -0.167. The van der Waals surface area contributed by atoms with Gasteiger partial charge in [0.25, 0.3) is 0 Å². The summed E-state index contributed by atoms with van der Waals surface area (Å²) in [4.78, 5) is 38.4. The molecule has 0 saturated carbocycles. The Hall–Kier alpha value is -3.93. The fourth-order valence-corrected chi connectivity index (χ4v) is 9.41. The van der Waals surface area contributed by atoms with Gasteiger partial charge in [-0.05, 0) is 128 Å². The van der Waals surface area contributed by atoms with Crippen LogP contribution < -0.4 is 0 Å². The first kappa shape index (κ1) is 76.1. The molecule has 0 bridgehead atoms. The topological polar surface area (TPSA) is 78.9 Å². The van der Waals surface area contributed by atoms with Crippen LogP contribution in [0.4, 0.5) is 0 Å². The highest BCUT2D eigenvalue weighted by atomic mass is 16.6. The molecule has 0 radical (unpaired) electrons. The summed E-state index contributed by atoms with van der Waals surface area (Å²) in [6.07, 6.45) is 92.4. The number of esters is 3. The molecular weight excluding hydrogens is 985 g/mol. The van der Waals surface area contributed by atoms with E-state index in [4.69, 9.17) is 14.2 Å². The highest BCUT2D eigenvalue weighted by Crippen LogP contribution is 2.16. The summed E-state index contributed by atoms with van der Waals surface area (Å²) in [6, 6.07) is 0. The zero-order valence-electron chi connectivity index (χ0n) is 52.6. The number of carbonyl (C=O) groups is 3. The fourth-order valence-electron chi connectivity index (χ4n) is 9.41. The molecule has 0 aliphatic heterocycles. The first-order valence-electron chi connectivity index (χ1n) is 33.9. The molecule has 80 heavy (non-hydrogen) atoms. The molecule has 0 aliphatic carbocycles. The number of rotatable bonds is 61. The molecule has 0 aliphatic rings. The van der Waals surface area contributed by atoms with E-state index >= 15 is 0 Å². The van der Waals surface area contributed by atoms with Crippen LogP contribution in [0.3, 0.4) is 0 Å². The van der Waals surface area contributed by atoms with Crippen molar-refractivity contribution >= 4 is 17.9 Å². The van der Waals surface area contributed by atoms with E-state index in [2.05, 4.69) is 130 Å². The minimum atomic E-state index is -0.788. The summed E-state index contributed by atoms with van der Waals surface area (Å²) in [6.45, 7) is 6.51. The van der Waals surface area contributed by atoms with Gasteiger partial charge in [-0.3, -0.25) is 14.4 Å². The van der Waals surface area contributed by atoms with E-state index in [9.17, 15) is 14.4 Å². The second-order valence-electron chi connectivity index (χ2n) is 22.3. The Morgan fingerprint density at radius 2 is 0.487 bits per heavy atom. The maximum absolute atomic E-state index is 12.9. The van der Waals surface area contributed by atoms with Crippen LogP contribution in [-0.2, 0) is 28.6 Å². The van der Waals surface area contributed by atoms with Crippen molar-refractivity contribution in [2.24, 2.45) is 0 Å². The Kier molecular flexibility index (Phi) is 64.3. The van der Waals surface area contributed by atoms with E-state index in [-0.39, 0.29) is 31.1 Å². The van der Waals surface area contributed by atoms with Gasteiger partial charge in [0.05, 0.1) is 0 Å². The first-order chi connectivity index (χ1) is 39.5. The molecule has 1 atom stereocenters. The van der Waals surface area contributed by atoms with Gasteiger partial charge in [-0.15, -0.1) is 0 Å². The number of carbonyl (C=O) groups excluding carboxylic acids is 3. The molecule has 0 amide bonds. The van der Waals surface area contributed by atoms with Crippen LogP contribution in [-0.4, -0.2) is 37.2 Å². The molecule has 0 N–H and O–H groups in total. The Bertz CT molecular complexity index is 1610. The van der Waals surface area contributed by atoms with Crippen LogP contribution in [0.15, 0.2) is 109 Å². The van der Waals surface area contributed by atoms with Gasteiger partial charge in [0.1, 0.15) is 13.2 Å². The molecule has 0 spiro atoms. The number of hydrogen-bond donors (Lipinski definition) is 0. The Labute approximate surface area is 495 Å². The van der Waals surface area contributed by atoms with E-state index in [0.717, 1.165) is 109 Å². The molecule has 0 saturated heterocycles. The standard InChI is InChI=1S/C74H126O6/c1-4-7-10-13-16-19-22-25-28-30-32-33-34-35-36-37-38-39-40-41-43-44-46-49-52-55-58-61-64-67-73(76)79-70-71(69-78-72(75)66-63-60-57-54-51-48-27-24-21-18-15-12-9-6-3)80-74(77)68-65-62-59-56-53-50-47-45-42-31-29-26-23-20-17-14-11-8-5-2/h7,10,16-17,19-20,24-29,32-33,35-36,38-39,71H,4-6,8-9,11-15,18,21-23,30-31,34,37,40-70H2,1-3H3/b10-7-,19-16-,20-17-,27-24-,28-25-,29-26-,33-32-,36-35-,39-38-. The molecule has 458 valence electrons. The molecule has 6 heteroatoms. The van der Waals surface area contributed by atoms with Gasteiger partial charge in [-0.2, -0.15) is 0 Å². The Morgan fingerprint density at radius 1 is 0.263 bits per heavy atom. The van der Waals surface area contributed by atoms with Crippen molar-refractivity contribution in [3.05, 3.63) is 109 Å². The second kappa shape index (κ2) is 67.6. The van der Waals surface area contributed by atoms with Crippen LogP contribution >= 0.6 is 0 Å². The number of unbranched alkanes of at least 4 members (excludes halogenated alkanes) is 32. The maximum Gasteiger partial charge on any atom is 0.306 e. The average molecular weight is 1110 g/mol. The normalized spacial score (nSPS) is 12.8. The van der Waals surface area contributed by atoms with Crippen molar-refractivity contribution in [2.45, 2.75) is 329 Å². The summed E-state index contributed by atoms with van der Waals surface area (Å²) in [5.74, 6) is -0.890. The van der Waals surface area contributed by atoms with Crippen LogP contribution in [0, 0.1) is 0 Å². The summed E-state index contributed by atoms with van der Waals surface area (Å²) in [5.41, 5.74) is 0. The van der Waals surface area contributed by atoms with Gasteiger partial charge in [-0.1, -0.05) is 284 Å². The van der Waals surface area contributed by atoms with Gasteiger partial charge in [0, 0.05) is 19.3 Å². The molecule has 1 unspecified atom stereocenters. The van der Waals surface area contributed by atoms with Crippen molar-refractivity contribution < 1.29 is 28.6 Å². The van der Waals surface area contributed by atoms with Gasteiger partial charge in [-0.25, -0.2) is 0 Å². The van der Waals surface area contributed by atoms with E-state index in [0.29, 0.717) is 19.3 Å². The third-order valence-electron chi connectivity index (χ3n) is 14.5. The zero-order valence-corrected chi connectivity index (χ0v) is 52.6. The SMILES string of the molecule is CC/C=C\C/C=C\C/C=C\C/C=C\C/C=C\C/C=C\CCCCCCCCCCCCC(=O)OCC(COC(=O)CCCCCCC/C=C\CCCCCCC)OC(=O)CCCCCCCCCCC/C=C\C/C=C\CCCCC. The van der Waals surface area contributed by atoms with Crippen LogP contribution in [0.1, 0.15) is 323 Å². The van der Waals surface area contributed by atoms with Crippen molar-refractivity contribution in [1.29, 1.82) is 0 Å². The lowest BCUT2D eigenvalue weighted by atomic mass is 10.1. The molecule has 0 fully saturated rings. The van der Waals surface area contributed by atoms with E-state index in [1.165, 1.54) is 173 Å². The smallest absolute Gasteiger partial charge is 0.306 e. The third kappa shape index (κ3) is 64.9. The average Bonchev–Trinajstić information content (AvgIpc) is 3.46. The number of allylic oxidation sites excluding steroid dienone is 18. The second-order valence-corrected chi connectivity index (χ2v) is 22.3. The summed E-state index contributed by atoms with van der Waals surface area (Å²) < 4.78 is 17.0.